The molecule has 2 rings (SSSR count). The molecule has 1 fully saturated rings. The molecule has 182 valence electrons. The van der Waals surface area contributed by atoms with Crippen LogP contribution in [0.3, 0.4) is 0 Å². The van der Waals surface area contributed by atoms with E-state index in [2.05, 4.69) is 31.1 Å². The van der Waals surface area contributed by atoms with Crippen LogP contribution in [0, 0.1) is 23.2 Å². The number of aromatic nitrogens is 1. The SMILES string of the molecule is CCC(CC)(CCCO)C(=O)Nc1[nH]cc(C(C)C)c1C(=O)OC1C(C)CC(C)CC1C. The van der Waals surface area contributed by atoms with Crippen molar-refractivity contribution in [3.8, 4) is 0 Å². The number of hydrogen-bond acceptors (Lipinski definition) is 4. The average molecular weight is 449 g/mol. The molecule has 1 aliphatic carbocycles. The monoisotopic (exact) mass is 448 g/mol. The van der Waals surface area contributed by atoms with Crippen molar-refractivity contribution >= 4 is 17.7 Å². The Hall–Kier alpha value is -1.82. The van der Waals surface area contributed by atoms with Crippen molar-refractivity contribution in [2.75, 3.05) is 11.9 Å². The number of aromatic amines is 1. The van der Waals surface area contributed by atoms with Gasteiger partial charge in [-0.2, -0.15) is 0 Å². The van der Waals surface area contributed by atoms with Crippen LogP contribution in [0.4, 0.5) is 5.82 Å². The van der Waals surface area contributed by atoms with Crippen LogP contribution >= 0.6 is 0 Å². The highest BCUT2D eigenvalue weighted by molar-refractivity contribution is 6.03. The summed E-state index contributed by atoms with van der Waals surface area (Å²) in [5.74, 6) is 1.30. The van der Waals surface area contributed by atoms with Crippen molar-refractivity contribution in [3.63, 3.8) is 0 Å². The Morgan fingerprint density at radius 1 is 1.19 bits per heavy atom. The van der Waals surface area contributed by atoms with Gasteiger partial charge in [0.1, 0.15) is 17.5 Å². The van der Waals surface area contributed by atoms with Gasteiger partial charge in [-0.1, -0.05) is 48.5 Å². The number of H-pyrrole nitrogens is 1. The van der Waals surface area contributed by atoms with Gasteiger partial charge in [0.25, 0.3) is 0 Å². The van der Waals surface area contributed by atoms with Gasteiger partial charge in [-0.05, 0) is 67.8 Å². The Labute approximate surface area is 193 Å². The normalized spacial score (nSPS) is 23.9. The zero-order valence-corrected chi connectivity index (χ0v) is 21.1. The Bertz CT molecular complexity index is 754. The fourth-order valence-electron chi connectivity index (χ4n) is 5.52. The molecule has 1 heterocycles. The summed E-state index contributed by atoms with van der Waals surface area (Å²) in [4.78, 5) is 29.9. The quantitative estimate of drug-likeness (QED) is 0.390. The Balaban J connectivity index is 2.31. The van der Waals surface area contributed by atoms with E-state index in [0.29, 0.717) is 54.8 Å². The van der Waals surface area contributed by atoms with E-state index in [1.54, 1.807) is 6.20 Å². The molecule has 0 bridgehead atoms. The third kappa shape index (κ3) is 5.75. The number of nitrogens with one attached hydrogen (secondary N) is 2. The molecule has 1 aliphatic rings. The summed E-state index contributed by atoms with van der Waals surface area (Å²) in [6, 6.07) is 0. The second kappa shape index (κ2) is 11.4. The smallest absolute Gasteiger partial charge is 0.342 e. The number of rotatable bonds is 10. The van der Waals surface area contributed by atoms with Crippen LogP contribution in [0.15, 0.2) is 6.20 Å². The zero-order chi connectivity index (χ0) is 24.1. The van der Waals surface area contributed by atoms with Gasteiger partial charge >= 0.3 is 5.97 Å². The number of amides is 1. The number of anilines is 1. The van der Waals surface area contributed by atoms with Crippen LogP contribution < -0.4 is 5.32 Å². The summed E-state index contributed by atoms with van der Waals surface area (Å²) in [6.45, 7) is 14.7. The van der Waals surface area contributed by atoms with Crippen molar-refractivity contribution in [1.29, 1.82) is 0 Å². The number of aliphatic hydroxyl groups excluding tert-OH is 1. The molecule has 6 heteroatoms. The van der Waals surface area contributed by atoms with E-state index in [9.17, 15) is 14.7 Å². The second-order valence-corrected chi connectivity index (χ2v) is 10.3. The van der Waals surface area contributed by atoms with Crippen molar-refractivity contribution in [3.05, 3.63) is 17.3 Å². The van der Waals surface area contributed by atoms with E-state index in [0.717, 1.165) is 18.4 Å². The molecule has 0 aromatic carbocycles. The molecular weight excluding hydrogens is 404 g/mol. The van der Waals surface area contributed by atoms with Gasteiger partial charge in [-0.3, -0.25) is 4.79 Å². The highest BCUT2D eigenvalue weighted by Gasteiger charge is 2.38. The molecule has 2 atom stereocenters. The van der Waals surface area contributed by atoms with Gasteiger partial charge in [0, 0.05) is 18.2 Å². The minimum Gasteiger partial charge on any atom is -0.458 e. The standard InChI is InChI=1S/C26H44N2O4/c1-8-26(9-2,11-10-12-29)25(31)28-23-21(20(15-27-23)16(3)4)24(30)32-22-18(6)13-17(5)14-19(22)7/h15-19,22,27,29H,8-14H2,1-7H3,(H,28,31). The lowest BCUT2D eigenvalue weighted by Gasteiger charge is -2.37. The molecule has 0 spiro atoms. The van der Waals surface area contributed by atoms with Gasteiger partial charge < -0.3 is 20.1 Å². The first-order valence-corrected chi connectivity index (χ1v) is 12.4. The number of aliphatic hydroxyl groups is 1. The van der Waals surface area contributed by atoms with Crippen LogP contribution in [0.25, 0.3) is 0 Å². The predicted molar refractivity (Wildman–Crippen MR) is 129 cm³/mol. The maximum atomic E-state index is 13.4. The first kappa shape index (κ1) is 26.4. The fourth-order valence-corrected chi connectivity index (χ4v) is 5.52. The molecule has 1 aromatic heterocycles. The summed E-state index contributed by atoms with van der Waals surface area (Å²) in [6.07, 6.45) is 6.31. The minimum atomic E-state index is -0.574. The number of ether oxygens (including phenoxy) is 1. The lowest BCUT2D eigenvalue weighted by Crippen LogP contribution is -2.38. The van der Waals surface area contributed by atoms with Gasteiger partial charge in [0.05, 0.1) is 0 Å². The molecule has 2 unspecified atom stereocenters. The van der Waals surface area contributed by atoms with E-state index >= 15 is 0 Å². The zero-order valence-electron chi connectivity index (χ0n) is 21.1. The van der Waals surface area contributed by atoms with E-state index in [1.165, 1.54) is 0 Å². The molecule has 1 saturated carbocycles. The lowest BCUT2D eigenvalue weighted by molar-refractivity contribution is -0.126. The van der Waals surface area contributed by atoms with Crippen LogP contribution in [-0.4, -0.2) is 34.7 Å². The summed E-state index contributed by atoms with van der Waals surface area (Å²) in [7, 11) is 0. The Morgan fingerprint density at radius 3 is 2.28 bits per heavy atom. The van der Waals surface area contributed by atoms with E-state index in [4.69, 9.17) is 4.74 Å². The molecule has 1 aromatic rings. The minimum absolute atomic E-state index is 0.0585. The molecule has 0 radical (unpaired) electrons. The van der Waals surface area contributed by atoms with Crippen molar-refractivity contribution in [2.24, 2.45) is 23.2 Å². The maximum Gasteiger partial charge on any atom is 0.342 e. The maximum absolute atomic E-state index is 13.4. The molecule has 3 N–H and O–H groups in total. The van der Waals surface area contributed by atoms with E-state index < -0.39 is 5.41 Å². The second-order valence-electron chi connectivity index (χ2n) is 10.3. The largest absolute Gasteiger partial charge is 0.458 e. The first-order valence-electron chi connectivity index (χ1n) is 12.4. The highest BCUT2D eigenvalue weighted by Crippen LogP contribution is 2.38. The van der Waals surface area contributed by atoms with Gasteiger partial charge in [-0.15, -0.1) is 0 Å². The van der Waals surface area contributed by atoms with Gasteiger partial charge in [0.15, 0.2) is 0 Å². The van der Waals surface area contributed by atoms with E-state index in [1.807, 2.05) is 27.7 Å². The lowest BCUT2D eigenvalue weighted by atomic mass is 9.75. The highest BCUT2D eigenvalue weighted by atomic mass is 16.5. The summed E-state index contributed by atoms with van der Waals surface area (Å²) in [5.41, 5.74) is 0.716. The number of hydrogen-bond donors (Lipinski definition) is 3. The van der Waals surface area contributed by atoms with Crippen LogP contribution in [-0.2, 0) is 9.53 Å². The molecular formula is C26H44N2O4. The summed E-state index contributed by atoms with van der Waals surface area (Å²) in [5, 5.41) is 12.3. The van der Waals surface area contributed by atoms with Crippen molar-refractivity contribution in [2.45, 2.75) is 99.0 Å². The van der Waals surface area contributed by atoms with Crippen LogP contribution in [0.2, 0.25) is 0 Å². The fraction of sp³-hybridized carbons (Fsp3) is 0.769. The number of esters is 1. The van der Waals surface area contributed by atoms with Gasteiger partial charge in [0.2, 0.25) is 5.91 Å². The van der Waals surface area contributed by atoms with E-state index in [-0.39, 0.29) is 30.5 Å². The summed E-state index contributed by atoms with van der Waals surface area (Å²) < 4.78 is 6.08. The molecule has 6 nitrogen and oxygen atoms in total. The van der Waals surface area contributed by atoms with Gasteiger partial charge in [-0.25, -0.2) is 4.79 Å². The molecule has 1 amide bonds. The Morgan fingerprint density at radius 2 is 1.78 bits per heavy atom. The topological polar surface area (TPSA) is 91.4 Å². The van der Waals surface area contributed by atoms with Crippen molar-refractivity contribution in [1.82, 2.24) is 4.98 Å². The van der Waals surface area contributed by atoms with Crippen molar-refractivity contribution < 1.29 is 19.4 Å². The van der Waals surface area contributed by atoms with Crippen LogP contribution in [0.1, 0.15) is 109 Å². The Kier molecular flexibility index (Phi) is 9.38. The molecule has 0 saturated heterocycles. The van der Waals surface area contributed by atoms with Crippen LogP contribution in [0.5, 0.6) is 0 Å². The first-order chi connectivity index (χ1) is 15.1. The summed E-state index contributed by atoms with van der Waals surface area (Å²) >= 11 is 0. The predicted octanol–water partition coefficient (Wildman–Crippen LogP) is 5.88. The molecule has 0 aliphatic heterocycles. The number of carbonyl (C=O) groups excluding carboxylic acids is 2. The average Bonchev–Trinajstić information content (AvgIpc) is 3.15. The number of carbonyl (C=O) groups is 2. The molecule has 32 heavy (non-hydrogen) atoms. The third-order valence-electron chi connectivity index (χ3n) is 7.54. The third-order valence-corrected chi connectivity index (χ3v) is 7.54.